The monoisotopic (exact) mass is 481 g/mol. The number of carbonyl (C=O) groups is 1. The Bertz CT molecular complexity index is 1490. The fraction of sp³-hybridized carbons (Fsp3) is 0.0833. The normalized spacial score (nSPS) is 11.4. The number of carboxylic acid groups (broad SMARTS) is 1. The minimum atomic E-state index is -5.08. The molecule has 4 aromatic rings. The number of hydrogen-bond donors (Lipinski definition) is 3. The third-order valence-corrected chi connectivity index (χ3v) is 5.14. The summed E-state index contributed by atoms with van der Waals surface area (Å²) in [6.45, 7) is 1.95. The minimum absolute atomic E-state index is 0.336. The van der Waals surface area contributed by atoms with Gasteiger partial charge in [-0.1, -0.05) is 12.1 Å². The van der Waals surface area contributed by atoms with Crippen LogP contribution < -0.4 is 5.32 Å². The van der Waals surface area contributed by atoms with E-state index in [1.54, 1.807) is 18.3 Å². The molecule has 1 aliphatic heterocycles. The van der Waals surface area contributed by atoms with E-state index in [1.807, 2.05) is 31.2 Å². The van der Waals surface area contributed by atoms with E-state index in [0.717, 1.165) is 27.9 Å². The van der Waals surface area contributed by atoms with Gasteiger partial charge in [0.2, 0.25) is 0 Å². The highest BCUT2D eigenvalue weighted by Crippen LogP contribution is 2.43. The van der Waals surface area contributed by atoms with Crippen LogP contribution in [0.15, 0.2) is 54.7 Å². The van der Waals surface area contributed by atoms with Crippen LogP contribution in [0.3, 0.4) is 0 Å². The maximum atomic E-state index is 13.9. The summed E-state index contributed by atoms with van der Waals surface area (Å²) in [5.74, 6) is -1.88. The number of H-pyrrole nitrogens is 1. The lowest BCUT2D eigenvalue weighted by Gasteiger charge is -2.09. The number of aromatic amines is 1. The molecule has 0 amide bonds. The SMILES string of the molecule is Cc1cccc(C#N)c1-c1nc2c([nH]1)-c1ccc(F)cc1Nc1ncccc1-2.O=C(O)C(F)(F)F. The van der Waals surface area contributed by atoms with Crippen LogP contribution in [0.25, 0.3) is 33.9 Å². The molecule has 176 valence electrons. The van der Waals surface area contributed by atoms with Gasteiger partial charge in [-0.2, -0.15) is 18.4 Å². The number of imidazole rings is 1. The molecule has 0 spiro atoms. The predicted molar refractivity (Wildman–Crippen MR) is 119 cm³/mol. The zero-order valence-electron chi connectivity index (χ0n) is 17.9. The molecule has 0 fully saturated rings. The van der Waals surface area contributed by atoms with Crippen LogP contribution in [-0.4, -0.2) is 32.2 Å². The topological polar surface area (TPSA) is 115 Å². The molecule has 2 aromatic carbocycles. The summed E-state index contributed by atoms with van der Waals surface area (Å²) in [4.78, 5) is 21.5. The number of carboxylic acids is 1. The van der Waals surface area contributed by atoms with Gasteiger partial charge in [-0.3, -0.25) is 0 Å². The standard InChI is InChI=1S/C22H14FN5.C2HF3O2/c1-12-4-2-5-13(11-24)18(12)22-27-19-15-8-7-14(23)10-17(15)26-21-16(20(19)28-22)6-3-9-25-21;3-2(4,5)1(6)7/h2-10H,1H3,(H,25,26)(H,27,28);(H,6,7). The van der Waals surface area contributed by atoms with Gasteiger partial charge in [0.1, 0.15) is 23.2 Å². The van der Waals surface area contributed by atoms with Crippen molar-refractivity contribution in [1.29, 1.82) is 5.26 Å². The van der Waals surface area contributed by atoms with Crippen molar-refractivity contribution >= 4 is 17.5 Å². The summed E-state index contributed by atoms with van der Waals surface area (Å²) in [6.07, 6.45) is -3.40. The number of benzene rings is 2. The number of pyridine rings is 1. The zero-order chi connectivity index (χ0) is 25.3. The van der Waals surface area contributed by atoms with Gasteiger partial charge in [0.25, 0.3) is 0 Å². The minimum Gasteiger partial charge on any atom is -0.475 e. The van der Waals surface area contributed by atoms with Crippen molar-refractivity contribution < 1.29 is 27.5 Å². The second kappa shape index (κ2) is 8.90. The van der Waals surface area contributed by atoms with Crippen LogP contribution in [0.4, 0.5) is 29.1 Å². The molecule has 1 aliphatic rings. The van der Waals surface area contributed by atoms with Gasteiger partial charge in [0, 0.05) is 22.9 Å². The molecule has 5 rings (SSSR count). The fourth-order valence-electron chi connectivity index (χ4n) is 3.62. The van der Waals surface area contributed by atoms with Gasteiger partial charge >= 0.3 is 12.1 Å². The van der Waals surface area contributed by atoms with Gasteiger partial charge in [0.05, 0.1) is 23.0 Å². The van der Waals surface area contributed by atoms with Crippen molar-refractivity contribution in [2.24, 2.45) is 0 Å². The molecule has 11 heteroatoms. The van der Waals surface area contributed by atoms with Crippen LogP contribution in [0.5, 0.6) is 0 Å². The molecule has 35 heavy (non-hydrogen) atoms. The Morgan fingerprint density at radius 1 is 1.11 bits per heavy atom. The number of hydrogen-bond acceptors (Lipinski definition) is 5. The number of alkyl halides is 3. The molecule has 0 saturated heterocycles. The maximum Gasteiger partial charge on any atom is 0.490 e. The van der Waals surface area contributed by atoms with Gasteiger partial charge in [-0.05, 0) is 48.9 Å². The summed E-state index contributed by atoms with van der Waals surface area (Å²) >= 11 is 0. The highest BCUT2D eigenvalue weighted by atomic mass is 19.4. The van der Waals surface area contributed by atoms with E-state index >= 15 is 0 Å². The molecule has 0 atom stereocenters. The molecule has 2 aromatic heterocycles. The number of aliphatic carboxylic acids is 1. The van der Waals surface area contributed by atoms with Crippen LogP contribution in [0, 0.1) is 24.1 Å². The predicted octanol–water partition coefficient (Wildman–Crippen LogP) is 5.82. The van der Waals surface area contributed by atoms with Crippen molar-refractivity contribution in [2.75, 3.05) is 5.32 Å². The number of nitrogens with one attached hydrogen (secondary N) is 2. The summed E-state index contributed by atoms with van der Waals surface area (Å²) in [5, 5.41) is 19.9. The van der Waals surface area contributed by atoms with Gasteiger partial charge in [-0.15, -0.1) is 0 Å². The number of fused-ring (bicyclic) bond motifs is 5. The van der Waals surface area contributed by atoms with Crippen LogP contribution in [-0.2, 0) is 4.79 Å². The van der Waals surface area contributed by atoms with Crippen LogP contribution in [0.1, 0.15) is 11.1 Å². The summed E-state index contributed by atoms with van der Waals surface area (Å²) in [5.41, 5.74) is 5.95. The molecular formula is C24H15F4N5O2. The lowest BCUT2D eigenvalue weighted by atomic mass is 10.0. The first-order valence-electron chi connectivity index (χ1n) is 10.0. The first kappa shape index (κ1) is 23.4. The van der Waals surface area contributed by atoms with E-state index in [2.05, 4.69) is 21.4 Å². The number of nitrogens with zero attached hydrogens (tertiary/aromatic N) is 3. The maximum absolute atomic E-state index is 13.9. The van der Waals surface area contributed by atoms with Crippen molar-refractivity contribution in [3.63, 3.8) is 0 Å². The van der Waals surface area contributed by atoms with E-state index < -0.39 is 12.1 Å². The van der Waals surface area contributed by atoms with E-state index in [1.165, 1.54) is 12.1 Å². The molecule has 3 N–H and O–H groups in total. The lowest BCUT2D eigenvalue weighted by Crippen LogP contribution is -2.21. The average Bonchev–Trinajstić information content (AvgIpc) is 3.18. The highest BCUT2D eigenvalue weighted by Gasteiger charge is 2.38. The lowest BCUT2D eigenvalue weighted by molar-refractivity contribution is -0.192. The Kier molecular flexibility index (Phi) is 5.96. The van der Waals surface area contributed by atoms with E-state index in [-0.39, 0.29) is 5.82 Å². The van der Waals surface area contributed by atoms with Crippen molar-refractivity contribution in [1.82, 2.24) is 15.0 Å². The Morgan fingerprint density at radius 2 is 1.86 bits per heavy atom. The Balaban J connectivity index is 0.000000364. The smallest absolute Gasteiger partial charge is 0.475 e. The van der Waals surface area contributed by atoms with E-state index in [4.69, 9.17) is 14.9 Å². The molecule has 0 bridgehead atoms. The number of halogens is 4. The average molecular weight is 481 g/mol. The summed E-state index contributed by atoms with van der Waals surface area (Å²) in [6, 6.07) is 16.2. The van der Waals surface area contributed by atoms with Crippen LogP contribution >= 0.6 is 0 Å². The number of anilines is 2. The summed E-state index contributed by atoms with van der Waals surface area (Å²) < 4.78 is 45.6. The van der Waals surface area contributed by atoms with Crippen LogP contribution in [0.2, 0.25) is 0 Å². The molecule has 7 nitrogen and oxygen atoms in total. The number of aromatic nitrogens is 3. The molecule has 0 saturated carbocycles. The second-order valence-electron chi connectivity index (χ2n) is 7.44. The fourth-order valence-corrected chi connectivity index (χ4v) is 3.62. The third-order valence-electron chi connectivity index (χ3n) is 5.14. The Hall–Kier alpha value is -4.72. The number of nitriles is 1. The van der Waals surface area contributed by atoms with E-state index in [9.17, 15) is 22.8 Å². The molecule has 0 unspecified atom stereocenters. The van der Waals surface area contributed by atoms with E-state index in [0.29, 0.717) is 28.6 Å². The molecule has 0 radical (unpaired) electrons. The van der Waals surface area contributed by atoms with Gasteiger partial charge < -0.3 is 15.4 Å². The number of aryl methyl sites for hydroxylation is 1. The Labute approximate surface area is 195 Å². The largest absolute Gasteiger partial charge is 0.490 e. The first-order chi connectivity index (χ1) is 16.6. The number of rotatable bonds is 1. The third kappa shape index (κ3) is 4.54. The molecule has 3 heterocycles. The quantitative estimate of drug-likeness (QED) is 0.260. The summed E-state index contributed by atoms with van der Waals surface area (Å²) in [7, 11) is 0. The van der Waals surface area contributed by atoms with Gasteiger partial charge in [0.15, 0.2) is 0 Å². The van der Waals surface area contributed by atoms with Crippen molar-refractivity contribution in [3.8, 4) is 40.0 Å². The second-order valence-corrected chi connectivity index (χ2v) is 7.44. The zero-order valence-corrected chi connectivity index (χ0v) is 17.9. The highest BCUT2D eigenvalue weighted by molar-refractivity contribution is 5.95. The Morgan fingerprint density at radius 3 is 2.54 bits per heavy atom. The first-order valence-corrected chi connectivity index (χ1v) is 10.0. The van der Waals surface area contributed by atoms with Crippen molar-refractivity contribution in [3.05, 3.63) is 71.7 Å². The molecule has 0 aliphatic carbocycles. The molecular weight excluding hydrogens is 466 g/mol. The van der Waals surface area contributed by atoms with Gasteiger partial charge in [-0.25, -0.2) is 19.2 Å². The van der Waals surface area contributed by atoms with Crippen molar-refractivity contribution in [2.45, 2.75) is 13.1 Å².